The fraction of sp³-hybridized carbons (Fsp3) is 0.0909. The van der Waals surface area contributed by atoms with E-state index in [-0.39, 0.29) is 5.91 Å². The molecule has 0 aliphatic rings. The van der Waals surface area contributed by atoms with Crippen molar-refractivity contribution in [1.82, 2.24) is 10.3 Å². The van der Waals surface area contributed by atoms with Crippen LogP contribution in [-0.4, -0.2) is 18.0 Å². The summed E-state index contributed by atoms with van der Waals surface area (Å²) >= 11 is 1.32. The number of thiazole rings is 1. The number of ether oxygens (including phenoxy) is 1. The zero-order chi connectivity index (χ0) is 19.3. The van der Waals surface area contributed by atoms with Crippen molar-refractivity contribution in [2.24, 2.45) is 0 Å². The Morgan fingerprint density at radius 2 is 1.86 bits per heavy atom. The predicted molar refractivity (Wildman–Crippen MR) is 109 cm³/mol. The minimum Gasteiger partial charge on any atom is -0.496 e. The number of rotatable bonds is 6. The van der Waals surface area contributed by atoms with Crippen LogP contribution >= 0.6 is 11.3 Å². The van der Waals surface area contributed by atoms with Gasteiger partial charge in [-0.1, -0.05) is 48.5 Å². The molecule has 28 heavy (non-hydrogen) atoms. The molecular weight excluding hydrogens is 372 g/mol. The number of hydrogen-bond donors (Lipinski definition) is 1. The van der Waals surface area contributed by atoms with Gasteiger partial charge in [-0.3, -0.25) is 4.79 Å². The van der Waals surface area contributed by atoms with Crippen molar-refractivity contribution in [2.75, 3.05) is 7.11 Å². The van der Waals surface area contributed by atoms with Crippen LogP contribution in [0.4, 0.5) is 0 Å². The van der Waals surface area contributed by atoms with Crippen LogP contribution in [-0.2, 0) is 6.54 Å². The predicted octanol–water partition coefficient (Wildman–Crippen LogP) is 5.01. The molecule has 2 aromatic carbocycles. The molecule has 4 aromatic rings. The zero-order valence-corrected chi connectivity index (χ0v) is 16.0. The van der Waals surface area contributed by atoms with Gasteiger partial charge in [0.2, 0.25) is 0 Å². The quantitative estimate of drug-likeness (QED) is 0.503. The van der Waals surface area contributed by atoms with Crippen molar-refractivity contribution in [3.05, 3.63) is 83.4 Å². The first-order chi connectivity index (χ1) is 13.8. The summed E-state index contributed by atoms with van der Waals surface area (Å²) in [5, 5.41) is 3.65. The highest BCUT2D eigenvalue weighted by molar-refractivity contribution is 7.17. The second-order valence-corrected chi connectivity index (χ2v) is 7.03. The van der Waals surface area contributed by atoms with Gasteiger partial charge in [0.05, 0.1) is 19.1 Å². The summed E-state index contributed by atoms with van der Waals surface area (Å²) in [6, 6.07) is 20.9. The van der Waals surface area contributed by atoms with Gasteiger partial charge in [-0.15, -0.1) is 11.3 Å². The molecule has 2 aromatic heterocycles. The van der Waals surface area contributed by atoms with Gasteiger partial charge in [0.1, 0.15) is 10.6 Å². The van der Waals surface area contributed by atoms with E-state index in [1.165, 1.54) is 11.3 Å². The Kier molecular flexibility index (Phi) is 5.21. The molecule has 0 atom stereocenters. The van der Waals surface area contributed by atoms with E-state index in [4.69, 9.17) is 9.15 Å². The molecule has 0 aliphatic carbocycles. The molecule has 1 N–H and O–H groups in total. The van der Waals surface area contributed by atoms with Crippen molar-refractivity contribution in [3.8, 4) is 27.8 Å². The van der Waals surface area contributed by atoms with E-state index in [1.54, 1.807) is 19.4 Å². The van der Waals surface area contributed by atoms with E-state index in [0.717, 1.165) is 16.9 Å². The number of nitrogens with one attached hydrogen (secondary N) is 1. The first-order valence-electron chi connectivity index (χ1n) is 8.76. The Labute approximate surface area is 166 Å². The van der Waals surface area contributed by atoms with Crippen LogP contribution in [0.1, 0.15) is 15.2 Å². The van der Waals surface area contributed by atoms with E-state index in [2.05, 4.69) is 10.3 Å². The lowest BCUT2D eigenvalue weighted by atomic mass is 10.1. The Morgan fingerprint density at radius 1 is 1.07 bits per heavy atom. The van der Waals surface area contributed by atoms with Crippen molar-refractivity contribution in [3.63, 3.8) is 0 Å². The van der Waals surface area contributed by atoms with Crippen LogP contribution in [0.3, 0.4) is 0 Å². The summed E-state index contributed by atoms with van der Waals surface area (Å²) < 4.78 is 10.8. The van der Waals surface area contributed by atoms with Crippen LogP contribution in [0.2, 0.25) is 0 Å². The summed E-state index contributed by atoms with van der Waals surface area (Å²) in [5.41, 5.74) is 2.45. The molecule has 0 radical (unpaired) electrons. The van der Waals surface area contributed by atoms with E-state index in [0.29, 0.717) is 27.9 Å². The van der Waals surface area contributed by atoms with E-state index in [1.807, 2.05) is 60.7 Å². The lowest BCUT2D eigenvalue weighted by Crippen LogP contribution is -2.22. The van der Waals surface area contributed by atoms with Gasteiger partial charge in [0.15, 0.2) is 10.8 Å². The maximum Gasteiger partial charge on any atom is 0.263 e. The summed E-state index contributed by atoms with van der Waals surface area (Å²) in [4.78, 5) is 18.2. The number of nitrogens with zero attached hydrogens (tertiary/aromatic N) is 1. The Hall–Kier alpha value is -3.38. The van der Waals surface area contributed by atoms with Gasteiger partial charge in [-0.25, -0.2) is 4.98 Å². The van der Waals surface area contributed by atoms with Crippen molar-refractivity contribution in [2.45, 2.75) is 6.54 Å². The highest BCUT2D eigenvalue weighted by Crippen LogP contribution is 2.34. The molecule has 0 spiro atoms. The number of furan rings is 1. The Bertz CT molecular complexity index is 1070. The number of methoxy groups -OCH3 is 1. The third-order valence-corrected chi connectivity index (χ3v) is 5.31. The van der Waals surface area contributed by atoms with Crippen molar-refractivity contribution in [1.29, 1.82) is 0 Å². The number of benzene rings is 2. The number of aromatic nitrogens is 1. The van der Waals surface area contributed by atoms with Gasteiger partial charge < -0.3 is 14.5 Å². The number of hydrogen-bond acceptors (Lipinski definition) is 5. The third kappa shape index (κ3) is 3.68. The summed E-state index contributed by atoms with van der Waals surface area (Å²) in [5.74, 6) is 1.21. The summed E-state index contributed by atoms with van der Waals surface area (Å²) in [7, 11) is 1.62. The molecular formula is C22H18N2O3S. The highest BCUT2D eigenvalue weighted by atomic mass is 32.1. The fourth-order valence-electron chi connectivity index (χ4n) is 2.88. The average Bonchev–Trinajstić information content (AvgIpc) is 3.42. The number of amides is 1. The standard InChI is InChI=1S/C22H18N2O3S/c1-26-17-11-6-5-10-16(17)14-23-21(25)20-19(15-8-3-2-4-9-15)24-22(28-20)18-12-7-13-27-18/h2-13H,14H2,1H3,(H,23,25). The topological polar surface area (TPSA) is 64.4 Å². The normalized spacial score (nSPS) is 10.6. The van der Waals surface area contributed by atoms with Crippen molar-refractivity contribution < 1.29 is 13.9 Å². The first-order valence-corrected chi connectivity index (χ1v) is 9.58. The molecule has 0 fully saturated rings. The highest BCUT2D eigenvalue weighted by Gasteiger charge is 2.21. The van der Waals surface area contributed by atoms with Gasteiger partial charge >= 0.3 is 0 Å². The van der Waals surface area contributed by atoms with Crippen LogP contribution in [0.5, 0.6) is 5.75 Å². The molecule has 0 aliphatic heterocycles. The Balaban J connectivity index is 1.65. The van der Waals surface area contributed by atoms with Crippen LogP contribution < -0.4 is 10.1 Å². The maximum atomic E-state index is 13.0. The smallest absolute Gasteiger partial charge is 0.263 e. The van der Waals surface area contributed by atoms with Crippen molar-refractivity contribution >= 4 is 17.2 Å². The molecule has 140 valence electrons. The number of carbonyl (C=O) groups is 1. The zero-order valence-electron chi connectivity index (χ0n) is 15.2. The van der Waals surface area contributed by atoms with Crippen LogP contribution in [0, 0.1) is 0 Å². The van der Waals surface area contributed by atoms with Gasteiger partial charge in [0.25, 0.3) is 5.91 Å². The fourth-order valence-corrected chi connectivity index (χ4v) is 3.85. The molecule has 0 saturated carbocycles. The largest absolute Gasteiger partial charge is 0.496 e. The Morgan fingerprint density at radius 3 is 2.61 bits per heavy atom. The van der Waals surface area contributed by atoms with E-state index < -0.39 is 0 Å². The minimum absolute atomic E-state index is 0.180. The molecule has 0 unspecified atom stereocenters. The molecule has 0 saturated heterocycles. The monoisotopic (exact) mass is 390 g/mol. The first kappa shape index (κ1) is 18.0. The average molecular weight is 390 g/mol. The third-order valence-electron chi connectivity index (χ3n) is 4.24. The molecule has 1 amide bonds. The molecule has 5 nitrogen and oxygen atoms in total. The number of carbonyl (C=O) groups excluding carboxylic acids is 1. The second-order valence-electron chi connectivity index (χ2n) is 6.03. The molecule has 4 rings (SSSR count). The summed E-state index contributed by atoms with van der Waals surface area (Å²) in [6.45, 7) is 0.366. The van der Waals surface area contributed by atoms with Gasteiger partial charge in [-0.2, -0.15) is 0 Å². The lowest BCUT2D eigenvalue weighted by molar-refractivity contribution is 0.0955. The van der Waals surface area contributed by atoms with E-state index in [9.17, 15) is 4.79 Å². The SMILES string of the molecule is COc1ccccc1CNC(=O)c1sc(-c2ccco2)nc1-c1ccccc1. The summed E-state index contributed by atoms with van der Waals surface area (Å²) in [6.07, 6.45) is 1.60. The maximum absolute atomic E-state index is 13.0. The molecule has 0 bridgehead atoms. The van der Waals surface area contributed by atoms with Gasteiger partial charge in [-0.05, 0) is 18.2 Å². The second kappa shape index (κ2) is 8.10. The number of para-hydroxylation sites is 1. The minimum atomic E-state index is -0.180. The van der Waals surface area contributed by atoms with Gasteiger partial charge in [0, 0.05) is 17.7 Å². The molecule has 6 heteroatoms. The van der Waals surface area contributed by atoms with E-state index >= 15 is 0 Å². The van der Waals surface area contributed by atoms with Crippen LogP contribution in [0.25, 0.3) is 22.0 Å². The lowest BCUT2D eigenvalue weighted by Gasteiger charge is -2.09. The molecule has 2 heterocycles. The van der Waals surface area contributed by atoms with Crippen LogP contribution in [0.15, 0.2) is 77.4 Å².